The first-order valence-corrected chi connectivity index (χ1v) is 10.4. The Morgan fingerprint density at radius 3 is 2.70 bits per heavy atom. The molecule has 0 bridgehead atoms. The second kappa shape index (κ2) is 9.68. The molecule has 11 heteroatoms. The molecule has 0 saturated heterocycles. The number of carbonyl (C=O) groups is 1. The summed E-state index contributed by atoms with van der Waals surface area (Å²) in [4.78, 5) is 27.1. The lowest BCUT2D eigenvalue weighted by Gasteiger charge is -2.14. The number of pyridine rings is 1. The van der Waals surface area contributed by atoms with Crippen LogP contribution < -0.4 is 5.32 Å². The van der Waals surface area contributed by atoms with E-state index in [9.17, 15) is 14.9 Å². The van der Waals surface area contributed by atoms with Gasteiger partial charge in [-0.15, -0.1) is 10.2 Å². The fourth-order valence-electron chi connectivity index (χ4n) is 2.68. The van der Waals surface area contributed by atoms with E-state index in [2.05, 4.69) is 20.5 Å². The van der Waals surface area contributed by atoms with Crippen molar-refractivity contribution >= 4 is 40.6 Å². The molecule has 3 aromatic rings. The van der Waals surface area contributed by atoms with E-state index < -0.39 is 10.2 Å². The quantitative estimate of drug-likeness (QED) is 0.309. The average Bonchev–Trinajstić information content (AvgIpc) is 3.12. The Morgan fingerprint density at radius 1 is 1.30 bits per heavy atom. The smallest absolute Gasteiger partial charge is 0.271 e. The molecule has 0 aliphatic rings. The zero-order valence-electron chi connectivity index (χ0n) is 16.3. The molecule has 0 aliphatic heterocycles. The topological polar surface area (TPSA) is 116 Å². The summed E-state index contributed by atoms with van der Waals surface area (Å²) in [7, 11) is 0. The number of benzene rings is 1. The minimum atomic E-state index is -0.544. The van der Waals surface area contributed by atoms with Crippen LogP contribution in [0.3, 0.4) is 0 Å². The third-order valence-corrected chi connectivity index (χ3v) is 5.58. The lowest BCUT2D eigenvalue weighted by Crippen LogP contribution is -2.23. The summed E-state index contributed by atoms with van der Waals surface area (Å²) in [5.74, 6) is 0.356. The van der Waals surface area contributed by atoms with Gasteiger partial charge in [0.1, 0.15) is 0 Å². The molecule has 1 amide bonds. The Kier molecular flexibility index (Phi) is 7.01. The van der Waals surface area contributed by atoms with Crippen LogP contribution in [0.15, 0.2) is 47.9 Å². The van der Waals surface area contributed by atoms with Gasteiger partial charge in [-0.1, -0.05) is 30.3 Å². The van der Waals surface area contributed by atoms with Crippen molar-refractivity contribution in [2.24, 2.45) is 0 Å². The largest absolute Gasteiger partial charge is 0.324 e. The Labute approximate surface area is 182 Å². The number of aromatic nitrogens is 4. The number of hydrogen-bond donors (Lipinski definition) is 1. The summed E-state index contributed by atoms with van der Waals surface area (Å²) in [6, 6.07) is 7.60. The maximum atomic E-state index is 12.7. The molecule has 1 N–H and O–H groups in total. The van der Waals surface area contributed by atoms with Gasteiger partial charge in [0, 0.05) is 36.6 Å². The van der Waals surface area contributed by atoms with Crippen molar-refractivity contribution in [3.8, 4) is 11.4 Å². The Hall–Kier alpha value is -2.98. The van der Waals surface area contributed by atoms with E-state index in [0.717, 1.165) is 12.0 Å². The van der Waals surface area contributed by atoms with Crippen molar-refractivity contribution in [1.82, 2.24) is 19.7 Å². The van der Waals surface area contributed by atoms with Crippen LogP contribution in [0.4, 0.5) is 11.4 Å². The Bertz CT molecular complexity index is 1060. The van der Waals surface area contributed by atoms with Crippen LogP contribution in [0.5, 0.6) is 0 Å². The highest BCUT2D eigenvalue weighted by Crippen LogP contribution is 2.30. The minimum Gasteiger partial charge on any atom is -0.324 e. The number of anilines is 1. The molecule has 1 aromatic carbocycles. The molecule has 9 nitrogen and oxygen atoms in total. The molecule has 2 aromatic heterocycles. The fraction of sp³-hybridized carbons (Fsp3) is 0.263. The molecule has 2 heterocycles. The van der Waals surface area contributed by atoms with E-state index in [1.807, 2.05) is 23.6 Å². The van der Waals surface area contributed by atoms with Crippen LogP contribution in [0.2, 0.25) is 5.02 Å². The van der Waals surface area contributed by atoms with Crippen LogP contribution in [0.25, 0.3) is 11.4 Å². The van der Waals surface area contributed by atoms with Gasteiger partial charge < -0.3 is 9.88 Å². The van der Waals surface area contributed by atoms with Gasteiger partial charge in [-0.25, -0.2) is 0 Å². The van der Waals surface area contributed by atoms with Crippen LogP contribution >= 0.6 is 23.4 Å². The number of thioether (sulfide) groups is 1. The van der Waals surface area contributed by atoms with E-state index in [1.165, 1.54) is 30.0 Å². The van der Waals surface area contributed by atoms with Crippen molar-refractivity contribution in [3.05, 3.63) is 57.9 Å². The van der Waals surface area contributed by atoms with Crippen molar-refractivity contribution in [3.63, 3.8) is 0 Å². The van der Waals surface area contributed by atoms with Crippen LogP contribution in [0.1, 0.15) is 20.3 Å². The summed E-state index contributed by atoms with van der Waals surface area (Å²) in [5, 5.41) is 22.5. The van der Waals surface area contributed by atoms with E-state index in [4.69, 9.17) is 11.6 Å². The van der Waals surface area contributed by atoms with Crippen molar-refractivity contribution < 1.29 is 9.72 Å². The van der Waals surface area contributed by atoms with Gasteiger partial charge in [0.25, 0.3) is 5.69 Å². The first kappa shape index (κ1) is 21.7. The van der Waals surface area contributed by atoms with E-state index in [0.29, 0.717) is 17.5 Å². The SMILES string of the molecule is CCCn1c(SC(C)C(=O)Nc2cc([N+](=O)[O-])ccc2Cl)nnc1-c1ccncc1. The van der Waals surface area contributed by atoms with E-state index in [-0.39, 0.29) is 22.3 Å². The number of carbonyl (C=O) groups excluding carboxylic acids is 1. The zero-order chi connectivity index (χ0) is 21.7. The number of halogens is 1. The second-order valence-corrected chi connectivity index (χ2v) is 8.08. The van der Waals surface area contributed by atoms with Gasteiger partial charge in [-0.2, -0.15) is 0 Å². The van der Waals surface area contributed by atoms with Crippen molar-refractivity contribution in [2.45, 2.75) is 37.2 Å². The number of nitro benzene ring substituents is 1. The van der Waals surface area contributed by atoms with Crippen LogP contribution in [0, 0.1) is 10.1 Å². The highest BCUT2D eigenvalue weighted by atomic mass is 35.5. The summed E-state index contributed by atoms with van der Waals surface area (Å²) in [6.45, 7) is 4.46. The molecule has 156 valence electrons. The first-order valence-electron chi connectivity index (χ1n) is 9.15. The lowest BCUT2D eigenvalue weighted by atomic mass is 10.2. The second-order valence-electron chi connectivity index (χ2n) is 6.36. The molecule has 0 spiro atoms. The first-order chi connectivity index (χ1) is 14.4. The molecule has 0 radical (unpaired) electrons. The number of nitrogens with zero attached hydrogens (tertiary/aromatic N) is 5. The number of amides is 1. The summed E-state index contributed by atoms with van der Waals surface area (Å²) in [5.41, 5.74) is 0.925. The van der Waals surface area contributed by atoms with Crippen molar-refractivity contribution in [2.75, 3.05) is 5.32 Å². The predicted octanol–water partition coefficient (Wildman–Crippen LogP) is 4.43. The van der Waals surface area contributed by atoms with Gasteiger partial charge in [0.05, 0.1) is 20.9 Å². The molecule has 0 saturated carbocycles. The molecular weight excluding hydrogens is 428 g/mol. The number of nitro groups is 1. The fourth-order valence-corrected chi connectivity index (χ4v) is 3.72. The average molecular weight is 447 g/mol. The minimum absolute atomic E-state index is 0.153. The highest BCUT2D eigenvalue weighted by molar-refractivity contribution is 8.00. The normalized spacial score (nSPS) is 11.8. The Morgan fingerprint density at radius 2 is 2.03 bits per heavy atom. The standard InChI is InChI=1S/C19H19ClN6O3S/c1-3-10-25-17(13-6-8-21-9-7-13)23-24-19(25)30-12(2)18(27)22-16-11-14(26(28)29)4-5-15(16)20/h4-9,11-12H,3,10H2,1-2H3,(H,22,27). The maximum Gasteiger partial charge on any atom is 0.271 e. The molecule has 0 fully saturated rings. The summed E-state index contributed by atoms with van der Waals surface area (Å²) in [6.07, 6.45) is 4.24. The number of nitrogens with one attached hydrogen (secondary N) is 1. The zero-order valence-corrected chi connectivity index (χ0v) is 17.9. The predicted molar refractivity (Wildman–Crippen MR) is 116 cm³/mol. The van der Waals surface area contributed by atoms with E-state index in [1.54, 1.807) is 19.3 Å². The van der Waals surface area contributed by atoms with Gasteiger partial charge in [0.2, 0.25) is 5.91 Å². The Balaban J connectivity index is 1.78. The highest BCUT2D eigenvalue weighted by Gasteiger charge is 2.22. The van der Waals surface area contributed by atoms with E-state index >= 15 is 0 Å². The number of hydrogen-bond acceptors (Lipinski definition) is 7. The van der Waals surface area contributed by atoms with Crippen molar-refractivity contribution in [1.29, 1.82) is 0 Å². The van der Waals surface area contributed by atoms with Gasteiger partial charge in [0.15, 0.2) is 11.0 Å². The molecule has 1 unspecified atom stereocenters. The summed E-state index contributed by atoms with van der Waals surface area (Å²) >= 11 is 7.33. The number of rotatable bonds is 8. The number of non-ortho nitro benzene ring substituents is 1. The third-order valence-electron chi connectivity index (χ3n) is 4.17. The summed E-state index contributed by atoms with van der Waals surface area (Å²) < 4.78 is 1.96. The lowest BCUT2D eigenvalue weighted by molar-refractivity contribution is -0.384. The van der Waals surface area contributed by atoms with Gasteiger partial charge >= 0.3 is 0 Å². The maximum absolute atomic E-state index is 12.7. The van der Waals surface area contributed by atoms with Gasteiger partial charge in [-0.3, -0.25) is 19.9 Å². The molecule has 30 heavy (non-hydrogen) atoms. The monoisotopic (exact) mass is 446 g/mol. The molecular formula is C19H19ClN6O3S. The van der Waals surface area contributed by atoms with Crippen LogP contribution in [-0.2, 0) is 11.3 Å². The molecule has 0 aliphatic carbocycles. The molecule has 3 rings (SSSR count). The van der Waals surface area contributed by atoms with Gasteiger partial charge in [-0.05, 0) is 31.5 Å². The molecule has 1 atom stereocenters. The third kappa shape index (κ3) is 4.95. The van der Waals surface area contributed by atoms with Crippen LogP contribution in [-0.4, -0.2) is 35.8 Å².